The molecule has 0 radical (unpaired) electrons. The van der Waals surface area contributed by atoms with E-state index in [1.54, 1.807) is 0 Å². The van der Waals surface area contributed by atoms with E-state index in [-0.39, 0.29) is 11.8 Å². The van der Waals surface area contributed by atoms with Gasteiger partial charge in [0.2, 0.25) is 0 Å². The summed E-state index contributed by atoms with van der Waals surface area (Å²) >= 11 is 0. The molecule has 0 spiro atoms. The molecule has 22 heavy (non-hydrogen) atoms. The predicted octanol–water partition coefficient (Wildman–Crippen LogP) is 5.51. The highest BCUT2D eigenvalue weighted by atomic mass is 16.3. The van der Waals surface area contributed by atoms with Crippen molar-refractivity contribution in [3.05, 3.63) is 4.91 Å². The van der Waals surface area contributed by atoms with Gasteiger partial charge in [-0.15, -0.1) is 0 Å². The third-order valence-corrected chi connectivity index (χ3v) is 6.83. The standard InChI is InChI=1S/C19H39NO2/c1-10-12(3)14(5)16(7)17(8)19(9,21)18(20-22)15(6)13(4)11-2/h12-18,21H,10-11H2,1-9H3. The van der Waals surface area contributed by atoms with E-state index in [0.29, 0.717) is 23.7 Å². The Kier molecular flexibility index (Phi) is 8.82. The molecule has 0 aromatic carbocycles. The van der Waals surface area contributed by atoms with Crippen LogP contribution in [0.4, 0.5) is 0 Å². The maximum absolute atomic E-state index is 11.5. The molecule has 8 unspecified atom stereocenters. The molecule has 3 heteroatoms. The molecular formula is C19H39NO2. The second-order valence-corrected chi connectivity index (χ2v) is 7.91. The first-order valence-corrected chi connectivity index (χ1v) is 9.10. The molecule has 0 saturated carbocycles. The fourth-order valence-electron chi connectivity index (χ4n) is 3.56. The van der Waals surface area contributed by atoms with E-state index in [1.165, 1.54) is 0 Å². The lowest BCUT2D eigenvalue weighted by atomic mass is 9.66. The van der Waals surface area contributed by atoms with Gasteiger partial charge in [-0.05, 0) is 42.4 Å². The van der Waals surface area contributed by atoms with Crippen LogP contribution < -0.4 is 0 Å². The summed E-state index contributed by atoms with van der Waals surface area (Å²) in [6.07, 6.45) is 2.13. The Balaban J connectivity index is 5.27. The normalized spacial score (nSPS) is 24.5. The van der Waals surface area contributed by atoms with Crippen LogP contribution in [0.25, 0.3) is 0 Å². The first-order chi connectivity index (χ1) is 10.1. The summed E-state index contributed by atoms with van der Waals surface area (Å²) in [5.74, 6) is 1.97. The fourth-order valence-corrected chi connectivity index (χ4v) is 3.56. The number of hydrogen-bond acceptors (Lipinski definition) is 3. The molecule has 0 aliphatic carbocycles. The summed E-state index contributed by atoms with van der Waals surface area (Å²) in [6.45, 7) is 19.1. The Labute approximate surface area is 138 Å². The minimum Gasteiger partial charge on any atom is -0.388 e. The van der Waals surface area contributed by atoms with E-state index >= 15 is 0 Å². The zero-order valence-electron chi connectivity index (χ0n) is 16.3. The average molecular weight is 314 g/mol. The predicted molar refractivity (Wildman–Crippen MR) is 95.8 cm³/mol. The molecule has 132 valence electrons. The van der Waals surface area contributed by atoms with Crippen LogP contribution in [0.2, 0.25) is 0 Å². The van der Waals surface area contributed by atoms with Crippen molar-refractivity contribution in [3.63, 3.8) is 0 Å². The molecule has 0 rings (SSSR count). The molecule has 8 atom stereocenters. The van der Waals surface area contributed by atoms with Crippen LogP contribution in [0.3, 0.4) is 0 Å². The van der Waals surface area contributed by atoms with Crippen molar-refractivity contribution < 1.29 is 5.11 Å². The van der Waals surface area contributed by atoms with E-state index in [1.807, 2.05) is 13.8 Å². The molecule has 3 nitrogen and oxygen atoms in total. The van der Waals surface area contributed by atoms with Crippen molar-refractivity contribution in [1.82, 2.24) is 0 Å². The second kappa shape index (κ2) is 9.00. The van der Waals surface area contributed by atoms with Gasteiger partial charge in [0, 0.05) is 0 Å². The van der Waals surface area contributed by atoms with Gasteiger partial charge in [-0.2, -0.15) is 4.91 Å². The van der Waals surface area contributed by atoms with Crippen molar-refractivity contribution in [1.29, 1.82) is 0 Å². The summed E-state index contributed by atoms with van der Waals surface area (Å²) in [5.41, 5.74) is -1.06. The number of hydrogen-bond donors (Lipinski definition) is 1. The minimum absolute atomic E-state index is 0.0331. The highest BCUT2D eigenvalue weighted by Gasteiger charge is 2.45. The quantitative estimate of drug-likeness (QED) is 0.541. The highest BCUT2D eigenvalue weighted by Crippen LogP contribution is 2.39. The number of nitroso groups, excluding NO2 is 1. The first kappa shape index (κ1) is 21.6. The van der Waals surface area contributed by atoms with Gasteiger partial charge in [-0.1, -0.05) is 73.4 Å². The van der Waals surface area contributed by atoms with E-state index in [4.69, 9.17) is 0 Å². The Morgan fingerprint density at radius 2 is 1.27 bits per heavy atom. The lowest BCUT2D eigenvalue weighted by molar-refractivity contribution is -0.0665. The van der Waals surface area contributed by atoms with Crippen molar-refractivity contribution in [3.8, 4) is 0 Å². The molecule has 0 aromatic heterocycles. The van der Waals surface area contributed by atoms with Gasteiger partial charge in [0.15, 0.2) is 0 Å². The maximum Gasteiger partial charge on any atom is 0.123 e. The average Bonchev–Trinajstić information content (AvgIpc) is 2.50. The van der Waals surface area contributed by atoms with Crippen LogP contribution >= 0.6 is 0 Å². The monoisotopic (exact) mass is 313 g/mol. The highest BCUT2D eigenvalue weighted by molar-refractivity contribution is 4.97. The second-order valence-electron chi connectivity index (χ2n) is 7.91. The minimum atomic E-state index is -1.06. The Hall–Kier alpha value is -0.440. The van der Waals surface area contributed by atoms with Gasteiger partial charge < -0.3 is 5.11 Å². The third kappa shape index (κ3) is 4.78. The zero-order valence-corrected chi connectivity index (χ0v) is 16.3. The van der Waals surface area contributed by atoms with Gasteiger partial charge in [0.05, 0.1) is 5.60 Å². The van der Waals surface area contributed by atoms with Gasteiger partial charge in [0.25, 0.3) is 0 Å². The SMILES string of the molecule is CCC(C)C(C)C(C)C(C)C(C)(O)C(N=O)C(C)C(C)CC. The fraction of sp³-hybridized carbons (Fsp3) is 1.00. The van der Waals surface area contributed by atoms with E-state index in [9.17, 15) is 10.0 Å². The molecule has 0 amide bonds. The summed E-state index contributed by atoms with van der Waals surface area (Å²) < 4.78 is 0. The lowest BCUT2D eigenvalue weighted by Gasteiger charge is -2.43. The first-order valence-electron chi connectivity index (χ1n) is 9.10. The summed E-state index contributed by atoms with van der Waals surface area (Å²) in [6, 6.07) is -0.552. The Bertz CT molecular complexity index is 329. The van der Waals surface area contributed by atoms with Gasteiger partial charge in [-0.25, -0.2) is 0 Å². The largest absolute Gasteiger partial charge is 0.388 e. The summed E-state index contributed by atoms with van der Waals surface area (Å²) in [4.78, 5) is 11.5. The molecule has 1 N–H and O–H groups in total. The topological polar surface area (TPSA) is 49.7 Å². The van der Waals surface area contributed by atoms with Crippen LogP contribution in [-0.4, -0.2) is 16.7 Å². The van der Waals surface area contributed by atoms with Crippen LogP contribution in [-0.2, 0) is 0 Å². The Morgan fingerprint density at radius 3 is 1.64 bits per heavy atom. The number of aliphatic hydroxyl groups is 1. The molecule has 0 bridgehead atoms. The van der Waals surface area contributed by atoms with Crippen LogP contribution in [0.5, 0.6) is 0 Å². The van der Waals surface area contributed by atoms with Gasteiger partial charge >= 0.3 is 0 Å². The molecule has 0 fully saturated rings. The van der Waals surface area contributed by atoms with Crippen molar-refractivity contribution >= 4 is 0 Å². The van der Waals surface area contributed by atoms with Crippen molar-refractivity contribution in [2.24, 2.45) is 40.7 Å². The number of rotatable bonds is 10. The maximum atomic E-state index is 11.5. The van der Waals surface area contributed by atoms with E-state index in [2.05, 4.69) is 53.6 Å². The lowest BCUT2D eigenvalue weighted by Crippen LogP contribution is -2.51. The third-order valence-electron chi connectivity index (χ3n) is 6.83. The number of nitrogens with zero attached hydrogens (tertiary/aromatic N) is 1. The summed E-state index contributed by atoms with van der Waals surface area (Å²) in [5, 5.41) is 14.5. The van der Waals surface area contributed by atoms with E-state index < -0.39 is 11.6 Å². The molecule has 0 aliphatic rings. The molecular weight excluding hydrogens is 274 g/mol. The van der Waals surface area contributed by atoms with Crippen molar-refractivity contribution in [2.45, 2.75) is 86.8 Å². The smallest absolute Gasteiger partial charge is 0.123 e. The zero-order chi connectivity index (χ0) is 17.7. The van der Waals surface area contributed by atoms with Crippen LogP contribution in [0.1, 0.15) is 75.2 Å². The van der Waals surface area contributed by atoms with Gasteiger partial charge in [0.1, 0.15) is 6.04 Å². The van der Waals surface area contributed by atoms with Crippen LogP contribution in [0.15, 0.2) is 5.18 Å². The molecule has 0 heterocycles. The molecule has 0 aliphatic heterocycles. The Morgan fingerprint density at radius 1 is 0.864 bits per heavy atom. The van der Waals surface area contributed by atoms with Gasteiger partial charge in [-0.3, -0.25) is 0 Å². The van der Waals surface area contributed by atoms with Crippen LogP contribution in [0, 0.1) is 40.4 Å². The van der Waals surface area contributed by atoms with Crippen molar-refractivity contribution in [2.75, 3.05) is 0 Å². The van der Waals surface area contributed by atoms with E-state index in [0.717, 1.165) is 12.8 Å². The molecule has 0 aromatic rings. The summed E-state index contributed by atoms with van der Waals surface area (Å²) in [7, 11) is 0. The molecule has 0 saturated heterocycles.